The van der Waals surface area contributed by atoms with Crippen molar-refractivity contribution in [1.29, 1.82) is 0 Å². The normalized spacial score (nSPS) is 11.9. The van der Waals surface area contributed by atoms with Crippen LogP contribution in [-0.2, 0) is 0 Å². The summed E-state index contributed by atoms with van der Waals surface area (Å²) in [5, 5.41) is 9.63. The Morgan fingerprint density at radius 2 is 0.970 bits per heavy atom. The standard InChI is InChI=1S/C62H38N4S/c1-4-15-39(16-5-1)40-27-29-44(30-28-40)58-61-53(38-56(67-61)43-19-6-2-7-20-43)63-62(64-58)66-54-35-33-45(37-52(54)50-34-31-42-18-11-13-24-48(42)59(50)66)49-25-14-26-51-57-47-23-12-10-17-41(47)32-36-55(57)65(60(49)51)46-21-8-3-9-22-46/h1-38H. The summed E-state index contributed by atoms with van der Waals surface area (Å²) in [6.45, 7) is 0. The van der Waals surface area contributed by atoms with E-state index in [1.165, 1.54) is 60.2 Å². The van der Waals surface area contributed by atoms with E-state index >= 15 is 0 Å². The fourth-order valence-corrected chi connectivity index (χ4v) is 11.6. The first-order chi connectivity index (χ1) is 33.2. The molecule has 0 fully saturated rings. The molecule has 4 heterocycles. The minimum absolute atomic E-state index is 0.648. The molecule has 0 bridgehead atoms. The molecule has 0 saturated heterocycles. The summed E-state index contributed by atoms with van der Waals surface area (Å²) >= 11 is 1.75. The average molecular weight is 871 g/mol. The summed E-state index contributed by atoms with van der Waals surface area (Å²) in [5.41, 5.74) is 14.4. The molecule has 5 heteroatoms. The molecule has 0 aliphatic heterocycles. The third-order valence-electron chi connectivity index (χ3n) is 13.5. The van der Waals surface area contributed by atoms with Crippen molar-refractivity contribution in [2.75, 3.05) is 0 Å². The molecule has 0 amide bonds. The van der Waals surface area contributed by atoms with Gasteiger partial charge in [-0.05, 0) is 74.8 Å². The van der Waals surface area contributed by atoms with Gasteiger partial charge < -0.3 is 4.57 Å². The van der Waals surface area contributed by atoms with Crippen LogP contribution in [0.25, 0.3) is 131 Å². The Bertz CT molecular complexity index is 4240. The molecular weight excluding hydrogens is 833 g/mol. The molecule has 10 aromatic carbocycles. The largest absolute Gasteiger partial charge is 0.309 e. The van der Waals surface area contributed by atoms with E-state index in [2.05, 4.69) is 240 Å². The Hall–Kier alpha value is -8.64. The van der Waals surface area contributed by atoms with Crippen LogP contribution in [0.2, 0.25) is 0 Å². The van der Waals surface area contributed by atoms with E-state index in [4.69, 9.17) is 9.97 Å². The molecule has 0 saturated carbocycles. The van der Waals surface area contributed by atoms with Crippen molar-refractivity contribution in [1.82, 2.24) is 19.1 Å². The molecule has 312 valence electrons. The van der Waals surface area contributed by atoms with Crippen LogP contribution in [0.5, 0.6) is 0 Å². The van der Waals surface area contributed by atoms with E-state index in [0.717, 1.165) is 64.8 Å². The summed E-state index contributed by atoms with van der Waals surface area (Å²) in [6.07, 6.45) is 0. The number of nitrogens with zero attached hydrogens (tertiary/aromatic N) is 4. The second-order valence-corrected chi connectivity index (χ2v) is 18.4. The average Bonchev–Trinajstić information content (AvgIpc) is 4.10. The first kappa shape index (κ1) is 37.7. The first-order valence-corrected chi connectivity index (χ1v) is 23.5. The lowest BCUT2D eigenvalue weighted by atomic mass is 9.98. The summed E-state index contributed by atoms with van der Waals surface area (Å²) in [7, 11) is 0. The van der Waals surface area contributed by atoms with E-state index in [1.54, 1.807) is 11.3 Å². The van der Waals surface area contributed by atoms with Crippen LogP contribution in [0.3, 0.4) is 0 Å². The van der Waals surface area contributed by atoms with Gasteiger partial charge in [0.05, 0.1) is 38.0 Å². The number of benzene rings is 10. The number of hydrogen-bond donors (Lipinski definition) is 0. The molecule has 67 heavy (non-hydrogen) atoms. The van der Waals surface area contributed by atoms with E-state index < -0.39 is 0 Å². The molecule has 0 unspecified atom stereocenters. The second kappa shape index (κ2) is 15.0. The summed E-state index contributed by atoms with van der Waals surface area (Å²) in [4.78, 5) is 12.3. The van der Waals surface area contributed by atoms with Gasteiger partial charge in [0.1, 0.15) is 0 Å². The van der Waals surface area contributed by atoms with Gasteiger partial charge in [-0.1, -0.05) is 194 Å². The highest BCUT2D eigenvalue weighted by atomic mass is 32.1. The van der Waals surface area contributed by atoms with Crippen LogP contribution >= 0.6 is 11.3 Å². The van der Waals surface area contributed by atoms with Crippen molar-refractivity contribution >= 4 is 86.7 Å². The van der Waals surface area contributed by atoms with E-state index in [9.17, 15) is 0 Å². The quantitative estimate of drug-likeness (QED) is 0.167. The van der Waals surface area contributed by atoms with Gasteiger partial charge in [0.2, 0.25) is 5.95 Å². The van der Waals surface area contributed by atoms with Crippen LogP contribution in [0.1, 0.15) is 0 Å². The third kappa shape index (κ3) is 5.92. The van der Waals surface area contributed by atoms with Crippen molar-refractivity contribution in [3.63, 3.8) is 0 Å². The van der Waals surface area contributed by atoms with Crippen LogP contribution in [0, 0.1) is 0 Å². The van der Waals surface area contributed by atoms with Crippen molar-refractivity contribution in [2.45, 2.75) is 0 Å². The lowest BCUT2D eigenvalue weighted by molar-refractivity contribution is 1.02. The zero-order chi connectivity index (χ0) is 44.0. The van der Waals surface area contributed by atoms with Gasteiger partial charge >= 0.3 is 0 Å². The predicted octanol–water partition coefficient (Wildman–Crippen LogP) is 16.9. The number of para-hydroxylation sites is 2. The first-order valence-electron chi connectivity index (χ1n) is 22.7. The van der Waals surface area contributed by atoms with E-state index in [1.807, 2.05) is 0 Å². The van der Waals surface area contributed by atoms with Gasteiger partial charge in [-0.15, -0.1) is 11.3 Å². The van der Waals surface area contributed by atoms with Crippen molar-refractivity contribution < 1.29 is 0 Å². The molecule has 0 spiro atoms. The summed E-state index contributed by atoms with van der Waals surface area (Å²) < 4.78 is 5.83. The molecule has 0 radical (unpaired) electrons. The molecule has 0 aliphatic carbocycles. The topological polar surface area (TPSA) is 35.6 Å². The Morgan fingerprint density at radius 1 is 0.358 bits per heavy atom. The van der Waals surface area contributed by atoms with Crippen LogP contribution in [0.15, 0.2) is 231 Å². The summed E-state index contributed by atoms with van der Waals surface area (Å²) in [5.74, 6) is 0.648. The van der Waals surface area contributed by atoms with Gasteiger partial charge in [-0.2, -0.15) is 0 Å². The number of aromatic nitrogens is 4. The van der Waals surface area contributed by atoms with Crippen LogP contribution in [0.4, 0.5) is 0 Å². The van der Waals surface area contributed by atoms with Gasteiger partial charge in [-0.25, -0.2) is 9.97 Å². The van der Waals surface area contributed by atoms with E-state index in [0.29, 0.717) is 5.95 Å². The Labute approximate surface area is 389 Å². The lowest BCUT2D eigenvalue weighted by Crippen LogP contribution is -2.03. The molecule has 4 aromatic heterocycles. The van der Waals surface area contributed by atoms with Crippen molar-refractivity contribution in [3.05, 3.63) is 231 Å². The number of thiophene rings is 1. The van der Waals surface area contributed by atoms with Crippen molar-refractivity contribution in [3.8, 4) is 55.6 Å². The molecular formula is C62H38N4S. The fourth-order valence-electron chi connectivity index (χ4n) is 10.5. The zero-order valence-corrected chi connectivity index (χ0v) is 37.0. The Morgan fingerprint density at radius 3 is 1.76 bits per heavy atom. The van der Waals surface area contributed by atoms with Gasteiger partial charge in [0.25, 0.3) is 0 Å². The number of hydrogen-bond acceptors (Lipinski definition) is 3. The molecule has 4 nitrogen and oxygen atoms in total. The number of fused-ring (bicyclic) bond motifs is 11. The Balaban J connectivity index is 1.03. The third-order valence-corrected chi connectivity index (χ3v) is 14.7. The maximum absolute atomic E-state index is 5.60. The number of rotatable bonds is 6. The zero-order valence-electron chi connectivity index (χ0n) is 36.1. The summed E-state index contributed by atoms with van der Waals surface area (Å²) in [6, 6.07) is 83.3. The van der Waals surface area contributed by atoms with Gasteiger partial charge in [0, 0.05) is 48.6 Å². The fraction of sp³-hybridized carbons (Fsp3) is 0. The monoisotopic (exact) mass is 870 g/mol. The second-order valence-electron chi connectivity index (χ2n) is 17.3. The van der Waals surface area contributed by atoms with Crippen LogP contribution < -0.4 is 0 Å². The van der Waals surface area contributed by atoms with E-state index in [-0.39, 0.29) is 0 Å². The molecule has 14 aromatic rings. The predicted molar refractivity (Wildman–Crippen MR) is 283 cm³/mol. The Kier molecular flexibility index (Phi) is 8.42. The highest BCUT2D eigenvalue weighted by Gasteiger charge is 2.23. The van der Waals surface area contributed by atoms with Crippen LogP contribution in [-0.4, -0.2) is 19.1 Å². The maximum Gasteiger partial charge on any atom is 0.235 e. The minimum atomic E-state index is 0.648. The highest BCUT2D eigenvalue weighted by Crippen LogP contribution is 2.45. The minimum Gasteiger partial charge on any atom is -0.309 e. The molecule has 0 atom stereocenters. The maximum atomic E-state index is 5.60. The molecule has 0 aliphatic rings. The van der Waals surface area contributed by atoms with Gasteiger partial charge in [-0.3, -0.25) is 4.57 Å². The SMILES string of the molecule is c1ccc(-c2ccc(-c3nc(-n4c5ccc(-c6cccc7c8c9ccccc9ccc8n(-c8ccccc8)c67)cc5c5ccc6ccccc6c54)nc4cc(-c5ccccc5)sc34)cc2)cc1. The smallest absolute Gasteiger partial charge is 0.235 e. The van der Waals surface area contributed by atoms with Gasteiger partial charge in [0.15, 0.2) is 0 Å². The highest BCUT2D eigenvalue weighted by molar-refractivity contribution is 7.22. The van der Waals surface area contributed by atoms with Crippen molar-refractivity contribution in [2.24, 2.45) is 0 Å². The lowest BCUT2D eigenvalue weighted by Gasteiger charge is -2.13. The molecule has 0 N–H and O–H groups in total. The molecule has 14 rings (SSSR count).